The minimum absolute atomic E-state index is 0.0906. The van der Waals surface area contributed by atoms with Gasteiger partial charge in [-0.2, -0.15) is 0 Å². The Morgan fingerprint density at radius 3 is 2.62 bits per heavy atom. The highest BCUT2D eigenvalue weighted by Gasteiger charge is 2.37. The third-order valence-electron chi connectivity index (χ3n) is 3.18. The monoisotopic (exact) mass is 342 g/mol. The Morgan fingerprint density at radius 2 is 2.04 bits per heavy atom. The molecule has 0 spiro atoms. The van der Waals surface area contributed by atoms with Crippen molar-refractivity contribution in [3.8, 4) is 0 Å². The molecule has 0 saturated carbocycles. The van der Waals surface area contributed by atoms with Crippen molar-refractivity contribution in [1.82, 2.24) is 15.2 Å². The Kier molecular flexibility index (Phi) is 5.42. The molecule has 0 radical (unpaired) electrons. The van der Waals surface area contributed by atoms with Gasteiger partial charge in [-0.3, -0.25) is 4.79 Å². The highest BCUT2D eigenvalue weighted by molar-refractivity contribution is 5.91. The number of carbonyl (C=O) groups is 2. The van der Waals surface area contributed by atoms with E-state index in [4.69, 9.17) is 4.74 Å². The minimum Gasteiger partial charge on any atom is -0.443 e. The molecule has 0 unspecified atom stereocenters. The molecule has 0 aliphatic carbocycles. The second-order valence-electron chi connectivity index (χ2n) is 6.48. The fourth-order valence-corrected chi connectivity index (χ4v) is 2.13. The zero-order valence-corrected chi connectivity index (χ0v) is 13.8. The zero-order valence-electron chi connectivity index (χ0n) is 13.8. The Bertz CT molecular complexity index is 570. The lowest BCUT2D eigenvalue weighted by molar-refractivity contribution is -0.148. The molecule has 10 nitrogen and oxygen atoms in total. The van der Waals surface area contributed by atoms with Gasteiger partial charge in [0, 0.05) is 12.6 Å². The van der Waals surface area contributed by atoms with Crippen molar-refractivity contribution >= 4 is 17.8 Å². The molecule has 1 aliphatic rings. The molecule has 1 fully saturated rings. The van der Waals surface area contributed by atoms with Gasteiger partial charge in [0.25, 0.3) is 0 Å². The summed E-state index contributed by atoms with van der Waals surface area (Å²) in [7, 11) is 0. The normalized spacial score (nSPS) is 22.3. The van der Waals surface area contributed by atoms with Gasteiger partial charge in [-0.15, -0.1) is 0 Å². The van der Waals surface area contributed by atoms with Crippen LogP contribution in [0, 0.1) is 0 Å². The van der Waals surface area contributed by atoms with E-state index in [9.17, 15) is 19.8 Å². The molecule has 2 atom stereocenters. The Labute approximate surface area is 138 Å². The van der Waals surface area contributed by atoms with Crippen molar-refractivity contribution in [3.05, 3.63) is 12.3 Å². The average molecular weight is 342 g/mol. The molecule has 2 heterocycles. The maximum atomic E-state index is 12.3. The molecule has 2 rings (SSSR count). The topological polar surface area (TPSA) is 128 Å². The van der Waals surface area contributed by atoms with Crippen LogP contribution in [0.4, 0.5) is 10.6 Å². The van der Waals surface area contributed by atoms with Crippen LogP contribution in [-0.4, -0.2) is 74.8 Å². The summed E-state index contributed by atoms with van der Waals surface area (Å²) in [6, 6.07) is 1.47. The molecule has 10 heteroatoms. The van der Waals surface area contributed by atoms with E-state index in [1.807, 2.05) is 0 Å². The maximum Gasteiger partial charge on any atom is 0.425 e. The van der Waals surface area contributed by atoms with Gasteiger partial charge < -0.3 is 24.8 Å². The quantitative estimate of drug-likeness (QED) is 0.689. The Balaban J connectivity index is 2.04. The minimum atomic E-state index is -1.12. The second-order valence-corrected chi connectivity index (χ2v) is 6.48. The summed E-state index contributed by atoms with van der Waals surface area (Å²) in [5.74, 6) is -0.220. The van der Waals surface area contributed by atoms with E-state index < -0.39 is 29.8 Å². The fourth-order valence-electron chi connectivity index (χ4n) is 2.13. The van der Waals surface area contributed by atoms with Gasteiger partial charge in [0.15, 0.2) is 5.82 Å². The van der Waals surface area contributed by atoms with Crippen molar-refractivity contribution in [2.45, 2.75) is 38.6 Å². The van der Waals surface area contributed by atoms with Gasteiger partial charge in [0.05, 0.1) is 19.2 Å². The van der Waals surface area contributed by atoms with Crippen molar-refractivity contribution in [3.63, 3.8) is 0 Å². The van der Waals surface area contributed by atoms with Crippen LogP contribution in [-0.2, 0) is 9.53 Å². The van der Waals surface area contributed by atoms with Crippen molar-refractivity contribution in [2.75, 3.05) is 25.0 Å². The smallest absolute Gasteiger partial charge is 0.425 e. The van der Waals surface area contributed by atoms with E-state index in [1.54, 1.807) is 20.8 Å². The second kappa shape index (κ2) is 7.16. The van der Waals surface area contributed by atoms with Gasteiger partial charge in [0.1, 0.15) is 18.0 Å². The molecular weight excluding hydrogens is 320 g/mol. The van der Waals surface area contributed by atoms with E-state index in [2.05, 4.69) is 15.0 Å². The van der Waals surface area contributed by atoms with Gasteiger partial charge in [-0.05, 0) is 20.8 Å². The first-order valence-electron chi connectivity index (χ1n) is 7.47. The maximum absolute atomic E-state index is 12.3. The lowest BCUT2D eigenvalue weighted by Gasteiger charge is -2.42. The Hall–Kier alpha value is -2.17. The molecule has 0 aromatic carbocycles. The number of amides is 2. The van der Waals surface area contributed by atoms with Crippen LogP contribution in [0.1, 0.15) is 20.8 Å². The number of hydrazine groups is 1. The summed E-state index contributed by atoms with van der Waals surface area (Å²) in [5, 5.41) is 28.1. The predicted molar refractivity (Wildman–Crippen MR) is 81.7 cm³/mol. The van der Waals surface area contributed by atoms with Gasteiger partial charge in [-0.25, -0.2) is 14.8 Å². The predicted octanol–water partition coefficient (Wildman–Crippen LogP) is -0.197. The lowest BCUT2D eigenvalue weighted by atomic mass is 10.1. The van der Waals surface area contributed by atoms with Crippen LogP contribution < -0.4 is 5.32 Å². The molecular formula is C14H22N4O6. The Morgan fingerprint density at radius 1 is 1.38 bits per heavy atom. The zero-order chi connectivity index (χ0) is 17.9. The van der Waals surface area contributed by atoms with E-state index in [0.717, 1.165) is 5.01 Å². The van der Waals surface area contributed by atoms with Crippen LogP contribution in [0.15, 0.2) is 16.9 Å². The highest BCUT2D eigenvalue weighted by Crippen LogP contribution is 2.17. The van der Waals surface area contributed by atoms with E-state index in [1.165, 1.54) is 17.3 Å². The summed E-state index contributed by atoms with van der Waals surface area (Å²) in [6.07, 6.45) is -1.59. The number of rotatable bonds is 3. The van der Waals surface area contributed by atoms with Gasteiger partial charge >= 0.3 is 6.09 Å². The number of aromatic nitrogens is 1. The van der Waals surface area contributed by atoms with Gasteiger partial charge in [0.2, 0.25) is 5.91 Å². The first-order valence-corrected chi connectivity index (χ1v) is 7.47. The first kappa shape index (κ1) is 18.2. The number of hydrogen-bond acceptors (Lipinski definition) is 8. The van der Waals surface area contributed by atoms with Crippen LogP contribution >= 0.6 is 0 Å². The number of β-amino-alcohol motifs (C(OH)–C–C–N with tert-alkyl or cyclic N) is 2. The van der Waals surface area contributed by atoms with Crippen molar-refractivity contribution < 1.29 is 29.1 Å². The highest BCUT2D eigenvalue weighted by atomic mass is 16.6. The molecule has 3 N–H and O–H groups in total. The third-order valence-corrected chi connectivity index (χ3v) is 3.18. The standard InChI is InChI=1S/C14H22N4O6/c1-14(2,3)24-13(22)18-7-10(20)9(19)6-17(18)8-12(21)15-11-4-5-23-16-11/h4-5,9-10,19-20H,6-8H2,1-3H3,(H,15,16,21)/t9-,10+/m0/s1. The summed E-state index contributed by atoms with van der Waals surface area (Å²) in [4.78, 5) is 24.3. The number of ether oxygens (including phenoxy) is 1. The molecule has 1 saturated heterocycles. The van der Waals surface area contributed by atoms with Crippen molar-refractivity contribution in [1.29, 1.82) is 0 Å². The first-order chi connectivity index (χ1) is 11.2. The third kappa shape index (κ3) is 4.91. The summed E-state index contributed by atoms with van der Waals surface area (Å²) in [6.45, 7) is 4.64. The number of hydrogen-bond donors (Lipinski definition) is 3. The van der Waals surface area contributed by atoms with E-state index in [0.29, 0.717) is 0 Å². The average Bonchev–Trinajstić information content (AvgIpc) is 2.93. The van der Waals surface area contributed by atoms with Crippen molar-refractivity contribution in [2.24, 2.45) is 0 Å². The number of aliphatic hydroxyl groups excluding tert-OH is 2. The van der Waals surface area contributed by atoms with Crippen LogP contribution in [0.3, 0.4) is 0 Å². The largest absolute Gasteiger partial charge is 0.443 e. The molecule has 0 bridgehead atoms. The lowest BCUT2D eigenvalue weighted by Crippen LogP contribution is -2.62. The summed E-state index contributed by atoms with van der Waals surface area (Å²) in [5.41, 5.74) is -0.729. The van der Waals surface area contributed by atoms with Crippen LogP contribution in [0.25, 0.3) is 0 Å². The molecule has 1 aliphatic heterocycles. The number of nitrogens with zero attached hydrogens (tertiary/aromatic N) is 3. The fraction of sp³-hybridized carbons (Fsp3) is 0.643. The molecule has 1 aromatic rings. The number of aliphatic hydroxyl groups is 2. The van der Waals surface area contributed by atoms with E-state index >= 15 is 0 Å². The molecule has 2 amide bonds. The number of carbonyl (C=O) groups excluding carboxylic acids is 2. The molecule has 1 aromatic heterocycles. The molecule has 134 valence electrons. The van der Waals surface area contributed by atoms with Gasteiger partial charge in [-0.1, -0.05) is 5.16 Å². The SMILES string of the molecule is CC(C)(C)OC(=O)N1C[C@@H](O)[C@@H](O)CN1CC(=O)Nc1ccon1. The van der Waals surface area contributed by atoms with E-state index in [-0.39, 0.29) is 25.5 Å². The number of nitrogens with one attached hydrogen (secondary N) is 1. The van der Waals surface area contributed by atoms with Crippen LogP contribution in [0.5, 0.6) is 0 Å². The summed E-state index contributed by atoms with van der Waals surface area (Å²) >= 11 is 0. The summed E-state index contributed by atoms with van der Waals surface area (Å²) < 4.78 is 9.89. The van der Waals surface area contributed by atoms with Crippen LogP contribution in [0.2, 0.25) is 0 Å². The number of anilines is 1. The molecule has 24 heavy (non-hydrogen) atoms.